The molecular weight excluding hydrogens is 292 g/mol. The second-order valence-corrected chi connectivity index (χ2v) is 5.50. The average Bonchev–Trinajstić information content (AvgIpc) is 3.15. The third kappa shape index (κ3) is 2.80. The number of aromatic nitrogens is 1. The van der Waals surface area contributed by atoms with Crippen molar-refractivity contribution in [1.29, 1.82) is 0 Å². The fourth-order valence-electron chi connectivity index (χ4n) is 2.59. The van der Waals surface area contributed by atoms with E-state index in [0.29, 0.717) is 17.3 Å². The zero-order valence-electron chi connectivity index (χ0n) is 11.3. The first kappa shape index (κ1) is 14.1. The van der Waals surface area contributed by atoms with Crippen molar-refractivity contribution in [2.75, 3.05) is 13.2 Å². The number of hydrogen-bond donors (Lipinski definition) is 1. The zero-order valence-corrected chi connectivity index (χ0v) is 12.1. The van der Waals surface area contributed by atoms with Crippen molar-refractivity contribution in [2.45, 2.75) is 18.9 Å². The van der Waals surface area contributed by atoms with Crippen LogP contribution >= 0.6 is 11.6 Å². The molecule has 1 atom stereocenters. The summed E-state index contributed by atoms with van der Waals surface area (Å²) in [5, 5.41) is 13.8. The van der Waals surface area contributed by atoms with Gasteiger partial charge in [0.1, 0.15) is 5.69 Å². The van der Waals surface area contributed by atoms with E-state index in [2.05, 4.69) is 5.16 Å². The number of aliphatic hydroxyl groups is 1. The van der Waals surface area contributed by atoms with E-state index in [0.717, 1.165) is 18.4 Å². The van der Waals surface area contributed by atoms with Crippen molar-refractivity contribution >= 4 is 17.5 Å². The summed E-state index contributed by atoms with van der Waals surface area (Å²) >= 11 is 5.94. The number of aliphatic hydroxyl groups excluding tert-OH is 1. The largest absolute Gasteiger partial charge is 0.394 e. The molecule has 1 aromatic heterocycles. The van der Waals surface area contributed by atoms with E-state index < -0.39 is 0 Å². The van der Waals surface area contributed by atoms with E-state index in [1.165, 1.54) is 0 Å². The second kappa shape index (κ2) is 5.87. The van der Waals surface area contributed by atoms with Crippen LogP contribution in [0.3, 0.4) is 0 Å². The van der Waals surface area contributed by atoms with E-state index in [-0.39, 0.29) is 24.3 Å². The number of rotatable bonds is 3. The summed E-state index contributed by atoms with van der Waals surface area (Å²) in [6.45, 7) is 0.609. The summed E-state index contributed by atoms with van der Waals surface area (Å²) in [6, 6.07) is 8.69. The van der Waals surface area contributed by atoms with Crippen LogP contribution in [0.4, 0.5) is 0 Å². The van der Waals surface area contributed by atoms with Crippen LogP contribution in [0.25, 0.3) is 11.3 Å². The maximum absolute atomic E-state index is 12.4. The number of benzene rings is 1. The summed E-state index contributed by atoms with van der Waals surface area (Å²) in [5.74, 6) is -0.0438. The second-order valence-electron chi connectivity index (χ2n) is 5.06. The molecule has 0 radical (unpaired) electrons. The van der Waals surface area contributed by atoms with E-state index >= 15 is 0 Å². The molecule has 6 heteroatoms. The molecule has 2 aromatic rings. The molecular formula is C15H15ClN2O3. The molecule has 5 nitrogen and oxygen atoms in total. The van der Waals surface area contributed by atoms with Crippen molar-refractivity contribution in [3.8, 4) is 11.3 Å². The molecule has 3 rings (SSSR count). The fourth-order valence-corrected chi connectivity index (χ4v) is 2.78. The number of carbonyl (C=O) groups is 1. The van der Waals surface area contributed by atoms with E-state index in [9.17, 15) is 9.90 Å². The van der Waals surface area contributed by atoms with Crippen LogP contribution < -0.4 is 0 Å². The highest BCUT2D eigenvalue weighted by Gasteiger charge is 2.31. The minimum absolute atomic E-state index is 0.0268. The monoisotopic (exact) mass is 306 g/mol. The van der Waals surface area contributed by atoms with Crippen molar-refractivity contribution < 1.29 is 14.4 Å². The highest BCUT2D eigenvalue weighted by Crippen LogP contribution is 2.25. The molecule has 0 spiro atoms. The lowest BCUT2D eigenvalue weighted by Crippen LogP contribution is -2.37. The van der Waals surface area contributed by atoms with Crippen LogP contribution in [0.5, 0.6) is 0 Å². The minimum Gasteiger partial charge on any atom is -0.394 e. The quantitative estimate of drug-likeness (QED) is 0.946. The van der Waals surface area contributed by atoms with Crippen LogP contribution in [0.15, 0.2) is 34.9 Å². The molecule has 1 aliphatic heterocycles. The van der Waals surface area contributed by atoms with Crippen molar-refractivity contribution in [2.24, 2.45) is 0 Å². The standard InChI is InChI=1S/C15H15ClN2O3/c16-11-4-1-3-10(7-11)13-8-14(21-17-13)15(20)18-6-2-5-12(18)9-19/h1,3-4,7-8,12,19H,2,5-6,9H2/t12-/m1/s1. The number of nitrogens with zero attached hydrogens (tertiary/aromatic N) is 2. The first-order chi connectivity index (χ1) is 10.2. The molecule has 21 heavy (non-hydrogen) atoms. The molecule has 1 amide bonds. The predicted molar refractivity (Wildman–Crippen MR) is 78.1 cm³/mol. The molecule has 0 bridgehead atoms. The van der Waals surface area contributed by atoms with Gasteiger partial charge in [-0.2, -0.15) is 0 Å². The highest BCUT2D eigenvalue weighted by molar-refractivity contribution is 6.30. The number of halogens is 1. The Balaban J connectivity index is 1.83. The molecule has 1 fully saturated rings. The van der Waals surface area contributed by atoms with Gasteiger partial charge in [-0.3, -0.25) is 4.79 Å². The number of likely N-dealkylation sites (tertiary alicyclic amines) is 1. The van der Waals surface area contributed by atoms with Crippen LogP contribution in [0.1, 0.15) is 23.4 Å². The van der Waals surface area contributed by atoms with Gasteiger partial charge in [0, 0.05) is 23.2 Å². The lowest BCUT2D eigenvalue weighted by Gasteiger charge is -2.21. The summed E-state index contributed by atoms with van der Waals surface area (Å²) in [6.07, 6.45) is 1.71. The van der Waals surface area contributed by atoms with Gasteiger partial charge in [0.2, 0.25) is 5.76 Å². The average molecular weight is 307 g/mol. The first-order valence-corrected chi connectivity index (χ1v) is 7.21. The summed E-state index contributed by atoms with van der Waals surface area (Å²) < 4.78 is 5.16. The Labute approximate surface area is 127 Å². The molecule has 1 aromatic carbocycles. The van der Waals surface area contributed by atoms with Crippen LogP contribution in [-0.4, -0.2) is 40.3 Å². The lowest BCUT2D eigenvalue weighted by atomic mass is 10.1. The molecule has 1 N–H and O–H groups in total. The molecule has 1 aliphatic rings. The van der Waals surface area contributed by atoms with Crippen molar-refractivity contribution in [3.63, 3.8) is 0 Å². The normalized spacial score (nSPS) is 18.2. The smallest absolute Gasteiger partial charge is 0.292 e. The van der Waals surface area contributed by atoms with Gasteiger partial charge >= 0.3 is 0 Å². The van der Waals surface area contributed by atoms with Gasteiger partial charge in [0.25, 0.3) is 5.91 Å². The Morgan fingerprint density at radius 3 is 3.10 bits per heavy atom. The fraction of sp³-hybridized carbons (Fsp3) is 0.333. The Morgan fingerprint density at radius 1 is 1.48 bits per heavy atom. The zero-order chi connectivity index (χ0) is 14.8. The van der Waals surface area contributed by atoms with Gasteiger partial charge in [-0.05, 0) is 25.0 Å². The Hall–Kier alpha value is -1.85. The third-order valence-electron chi connectivity index (χ3n) is 3.69. The molecule has 0 unspecified atom stereocenters. The van der Waals surface area contributed by atoms with Gasteiger partial charge in [-0.25, -0.2) is 0 Å². The van der Waals surface area contributed by atoms with E-state index in [4.69, 9.17) is 16.1 Å². The molecule has 110 valence electrons. The maximum atomic E-state index is 12.4. The van der Waals surface area contributed by atoms with Gasteiger partial charge in [-0.15, -0.1) is 0 Å². The maximum Gasteiger partial charge on any atom is 0.292 e. The molecule has 0 aliphatic carbocycles. The summed E-state index contributed by atoms with van der Waals surface area (Å²) in [4.78, 5) is 14.0. The molecule has 1 saturated heterocycles. The lowest BCUT2D eigenvalue weighted by molar-refractivity contribution is 0.0636. The summed E-state index contributed by atoms with van der Waals surface area (Å²) in [7, 11) is 0. The Bertz CT molecular complexity index is 656. The van der Waals surface area contributed by atoms with Gasteiger partial charge < -0.3 is 14.5 Å². The minimum atomic E-state index is -0.229. The van der Waals surface area contributed by atoms with Crippen molar-refractivity contribution in [1.82, 2.24) is 10.1 Å². The number of carbonyl (C=O) groups excluding carboxylic acids is 1. The molecule has 0 saturated carbocycles. The van der Waals surface area contributed by atoms with Gasteiger partial charge in [0.15, 0.2) is 0 Å². The predicted octanol–water partition coefficient (Wildman–Crippen LogP) is 2.59. The Morgan fingerprint density at radius 2 is 2.33 bits per heavy atom. The highest BCUT2D eigenvalue weighted by atomic mass is 35.5. The van der Waals surface area contributed by atoms with Gasteiger partial charge in [-0.1, -0.05) is 28.9 Å². The van der Waals surface area contributed by atoms with Crippen LogP contribution in [0.2, 0.25) is 5.02 Å². The topological polar surface area (TPSA) is 66.6 Å². The van der Waals surface area contributed by atoms with Crippen LogP contribution in [0, 0.1) is 0 Å². The number of hydrogen-bond acceptors (Lipinski definition) is 4. The summed E-state index contributed by atoms with van der Waals surface area (Å²) in [5.41, 5.74) is 1.37. The van der Waals surface area contributed by atoms with E-state index in [1.807, 2.05) is 12.1 Å². The Kier molecular flexibility index (Phi) is 3.94. The first-order valence-electron chi connectivity index (χ1n) is 6.83. The van der Waals surface area contributed by atoms with E-state index in [1.54, 1.807) is 23.1 Å². The van der Waals surface area contributed by atoms with Crippen molar-refractivity contribution in [3.05, 3.63) is 41.1 Å². The third-order valence-corrected chi connectivity index (χ3v) is 3.93. The van der Waals surface area contributed by atoms with Gasteiger partial charge in [0.05, 0.1) is 12.6 Å². The number of amides is 1. The SMILES string of the molecule is O=C(c1cc(-c2cccc(Cl)c2)no1)N1CCC[C@@H]1CO. The van der Waals surface area contributed by atoms with Crippen LogP contribution in [-0.2, 0) is 0 Å². The molecule has 2 heterocycles.